The van der Waals surface area contributed by atoms with Gasteiger partial charge in [0.25, 0.3) is 11.8 Å². The summed E-state index contributed by atoms with van der Waals surface area (Å²) in [5, 5.41) is 6.83. The minimum absolute atomic E-state index is 0.0401. The number of carbonyl (C=O) groups is 2. The van der Waals surface area contributed by atoms with Gasteiger partial charge in [-0.05, 0) is 73.8 Å². The number of carbonyl (C=O) groups excluding carboxylic acids is 2. The molecule has 0 spiro atoms. The summed E-state index contributed by atoms with van der Waals surface area (Å²) < 4.78 is 18.6. The maximum atomic E-state index is 14.4. The highest BCUT2D eigenvalue weighted by Crippen LogP contribution is 2.41. The quantitative estimate of drug-likeness (QED) is 0.458. The zero-order chi connectivity index (χ0) is 24.5. The van der Waals surface area contributed by atoms with Gasteiger partial charge in [-0.2, -0.15) is 4.37 Å². The maximum absolute atomic E-state index is 14.4. The zero-order valence-corrected chi connectivity index (χ0v) is 20.1. The Labute approximate surface area is 206 Å². The summed E-state index contributed by atoms with van der Waals surface area (Å²) in [6.45, 7) is 3.11. The Morgan fingerprint density at radius 2 is 2.06 bits per heavy atom. The SMILES string of the molecule is Cc1cc(Nc2nc(N3CCCC(NC(=O)c4ccc(C5CC5)c(F)c4)C3)cnc2C(N)=O)sn1. The Kier molecular flexibility index (Phi) is 6.33. The highest BCUT2D eigenvalue weighted by molar-refractivity contribution is 7.10. The molecule has 1 unspecified atom stereocenters. The highest BCUT2D eigenvalue weighted by Gasteiger charge is 2.28. The van der Waals surface area contributed by atoms with Crippen LogP contribution in [0.15, 0.2) is 30.5 Å². The molecule has 4 N–H and O–H groups in total. The van der Waals surface area contributed by atoms with E-state index in [0.717, 1.165) is 42.9 Å². The normalized spacial score (nSPS) is 17.8. The average molecular weight is 496 g/mol. The van der Waals surface area contributed by atoms with Crippen LogP contribution in [-0.4, -0.2) is 45.3 Å². The van der Waals surface area contributed by atoms with Crippen LogP contribution in [0.4, 0.5) is 21.0 Å². The van der Waals surface area contributed by atoms with E-state index in [9.17, 15) is 14.0 Å². The third-order valence-corrected chi connectivity index (χ3v) is 7.02. The van der Waals surface area contributed by atoms with E-state index in [-0.39, 0.29) is 29.3 Å². The number of nitrogens with zero attached hydrogens (tertiary/aromatic N) is 4. The van der Waals surface area contributed by atoms with Crippen LogP contribution in [0.25, 0.3) is 0 Å². The number of primary amides is 1. The van der Waals surface area contributed by atoms with Crippen molar-refractivity contribution in [1.82, 2.24) is 19.7 Å². The van der Waals surface area contributed by atoms with E-state index in [1.165, 1.54) is 23.8 Å². The number of aryl methyl sites for hydroxylation is 1. The van der Waals surface area contributed by atoms with E-state index in [4.69, 9.17) is 5.73 Å². The average Bonchev–Trinajstić information content (AvgIpc) is 3.60. The largest absolute Gasteiger partial charge is 0.364 e. The summed E-state index contributed by atoms with van der Waals surface area (Å²) in [4.78, 5) is 35.5. The highest BCUT2D eigenvalue weighted by atomic mass is 32.1. The van der Waals surface area contributed by atoms with Crippen LogP contribution in [0.2, 0.25) is 0 Å². The minimum atomic E-state index is -0.684. The molecule has 1 saturated heterocycles. The molecule has 182 valence electrons. The number of piperidine rings is 1. The third-order valence-electron chi connectivity index (χ3n) is 6.22. The van der Waals surface area contributed by atoms with Crippen LogP contribution in [0.5, 0.6) is 0 Å². The molecule has 1 aliphatic heterocycles. The summed E-state index contributed by atoms with van der Waals surface area (Å²) in [5.74, 6) is -0.173. The van der Waals surface area contributed by atoms with E-state index in [1.807, 2.05) is 17.9 Å². The lowest BCUT2D eigenvalue weighted by atomic mass is 10.0. The smallest absolute Gasteiger partial charge is 0.271 e. The lowest BCUT2D eigenvalue weighted by molar-refractivity contribution is 0.0931. The first-order valence-corrected chi connectivity index (χ1v) is 12.4. The number of hydrogen-bond acceptors (Lipinski definition) is 8. The molecule has 2 aliphatic rings. The number of amides is 2. The monoisotopic (exact) mass is 495 g/mol. The summed E-state index contributed by atoms with van der Waals surface area (Å²) in [5.41, 5.74) is 7.39. The van der Waals surface area contributed by atoms with Crippen molar-refractivity contribution in [3.8, 4) is 0 Å². The van der Waals surface area contributed by atoms with Gasteiger partial charge in [0.1, 0.15) is 16.6 Å². The summed E-state index contributed by atoms with van der Waals surface area (Å²) in [7, 11) is 0. The van der Waals surface area contributed by atoms with E-state index >= 15 is 0 Å². The third kappa shape index (κ3) is 5.24. The van der Waals surface area contributed by atoms with E-state index in [0.29, 0.717) is 29.4 Å². The molecule has 0 radical (unpaired) electrons. The van der Waals surface area contributed by atoms with Gasteiger partial charge in [-0.15, -0.1) is 0 Å². The van der Waals surface area contributed by atoms with Crippen LogP contribution < -0.4 is 21.3 Å². The molecule has 1 atom stereocenters. The fraction of sp³-hybridized carbons (Fsp3) is 0.375. The molecule has 35 heavy (non-hydrogen) atoms. The number of halogens is 1. The molecule has 2 aromatic heterocycles. The first kappa shape index (κ1) is 23.2. The van der Waals surface area contributed by atoms with Crippen LogP contribution in [-0.2, 0) is 0 Å². The first-order valence-electron chi connectivity index (χ1n) is 11.6. The lowest BCUT2D eigenvalue weighted by Crippen LogP contribution is -2.48. The lowest BCUT2D eigenvalue weighted by Gasteiger charge is -2.34. The van der Waals surface area contributed by atoms with E-state index < -0.39 is 5.91 Å². The van der Waals surface area contributed by atoms with Crippen molar-refractivity contribution in [3.63, 3.8) is 0 Å². The summed E-state index contributed by atoms with van der Waals surface area (Å²) in [6.07, 6.45) is 5.15. The molecule has 1 aromatic carbocycles. The number of aromatic nitrogens is 3. The number of benzene rings is 1. The number of nitrogens with two attached hydrogens (primary N) is 1. The van der Waals surface area contributed by atoms with Crippen molar-refractivity contribution in [2.24, 2.45) is 5.73 Å². The standard InChI is InChI=1S/C24H26FN7O2S/c1-13-9-20(35-31-13)30-23-21(22(26)33)27-11-19(29-23)32-8-2-3-16(12-32)28-24(34)15-6-7-17(14-4-5-14)18(25)10-15/h6-7,9-11,14,16H,2-5,8,12H2,1H3,(H2,26,33)(H,28,34)(H,29,30). The van der Waals surface area contributed by atoms with E-state index in [1.54, 1.807) is 12.1 Å². The fourth-order valence-electron chi connectivity index (χ4n) is 4.30. The van der Waals surface area contributed by atoms with Crippen LogP contribution in [0, 0.1) is 12.7 Å². The second kappa shape index (κ2) is 9.57. The van der Waals surface area contributed by atoms with Crippen LogP contribution >= 0.6 is 11.5 Å². The van der Waals surface area contributed by atoms with Crippen molar-refractivity contribution in [2.75, 3.05) is 23.3 Å². The number of nitrogens with one attached hydrogen (secondary N) is 2. The zero-order valence-electron chi connectivity index (χ0n) is 19.3. The second-order valence-electron chi connectivity index (χ2n) is 9.02. The molecule has 0 bridgehead atoms. The second-order valence-corrected chi connectivity index (χ2v) is 9.82. The molecule has 2 amide bonds. The van der Waals surface area contributed by atoms with Crippen LogP contribution in [0.1, 0.15) is 63.7 Å². The summed E-state index contributed by atoms with van der Waals surface area (Å²) in [6, 6.07) is 6.46. The molecule has 1 aliphatic carbocycles. The number of hydrogen-bond donors (Lipinski definition) is 3. The van der Waals surface area contributed by atoms with Crippen molar-refractivity contribution >= 4 is 40.0 Å². The predicted octanol–water partition coefficient (Wildman–Crippen LogP) is 3.50. The van der Waals surface area contributed by atoms with Gasteiger partial charge in [0.15, 0.2) is 11.5 Å². The molecule has 11 heteroatoms. The Morgan fingerprint density at radius 1 is 1.23 bits per heavy atom. The Hall–Kier alpha value is -3.60. The van der Waals surface area contributed by atoms with Crippen molar-refractivity contribution in [3.05, 3.63) is 58.8 Å². The molecule has 9 nitrogen and oxygen atoms in total. The molecular formula is C24H26FN7O2S. The van der Waals surface area contributed by atoms with Crippen molar-refractivity contribution in [1.29, 1.82) is 0 Å². The van der Waals surface area contributed by atoms with Gasteiger partial charge in [-0.1, -0.05) is 6.07 Å². The van der Waals surface area contributed by atoms with Crippen molar-refractivity contribution < 1.29 is 14.0 Å². The molecule has 3 heterocycles. The molecule has 2 fully saturated rings. The van der Waals surface area contributed by atoms with Crippen LogP contribution in [0.3, 0.4) is 0 Å². The Balaban J connectivity index is 1.29. The van der Waals surface area contributed by atoms with Gasteiger partial charge < -0.3 is 21.3 Å². The van der Waals surface area contributed by atoms with Crippen molar-refractivity contribution in [2.45, 2.75) is 44.6 Å². The molecule has 1 saturated carbocycles. The van der Waals surface area contributed by atoms with Gasteiger partial charge in [0.05, 0.1) is 11.9 Å². The van der Waals surface area contributed by atoms with E-state index in [2.05, 4.69) is 25.0 Å². The predicted molar refractivity (Wildman–Crippen MR) is 132 cm³/mol. The van der Waals surface area contributed by atoms with Gasteiger partial charge in [-0.3, -0.25) is 9.59 Å². The number of rotatable bonds is 7. The first-order chi connectivity index (χ1) is 16.9. The number of anilines is 3. The minimum Gasteiger partial charge on any atom is -0.364 e. The fourth-order valence-corrected chi connectivity index (χ4v) is 4.97. The maximum Gasteiger partial charge on any atom is 0.271 e. The Morgan fingerprint density at radius 3 is 2.74 bits per heavy atom. The van der Waals surface area contributed by atoms with Gasteiger partial charge in [0.2, 0.25) is 0 Å². The molecular weight excluding hydrogens is 469 g/mol. The summed E-state index contributed by atoms with van der Waals surface area (Å²) >= 11 is 1.25. The van der Waals surface area contributed by atoms with Gasteiger partial charge >= 0.3 is 0 Å². The van der Waals surface area contributed by atoms with Gasteiger partial charge in [-0.25, -0.2) is 14.4 Å². The molecule has 3 aromatic rings. The topological polar surface area (TPSA) is 126 Å². The van der Waals surface area contributed by atoms with Gasteiger partial charge in [0, 0.05) is 24.7 Å². The Bertz CT molecular complexity index is 1280. The molecule has 5 rings (SSSR count).